The first kappa shape index (κ1) is 23.5. The molecule has 2 amide bonds. The highest BCUT2D eigenvalue weighted by molar-refractivity contribution is 7.17. The minimum Gasteiger partial charge on any atom is -0.488 e. The van der Waals surface area contributed by atoms with Crippen molar-refractivity contribution in [3.63, 3.8) is 0 Å². The molecule has 1 aliphatic rings. The van der Waals surface area contributed by atoms with Crippen LogP contribution in [0.1, 0.15) is 55.1 Å². The molecule has 1 aromatic heterocycles. The van der Waals surface area contributed by atoms with Gasteiger partial charge in [-0.05, 0) is 55.9 Å². The SMILES string of the molecule is Cc1cccc(COc2ccccc2C(=O)OCC(=O)Nc2sc3c(c2C(N)=O)CCCC3)c1. The Labute approximate surface area is 201 Å². The number of thiophene rings is 1. The number of para-hydroxylation sites is 1. The zero-order valence-corrected chi connectivity index (χ0v) is 19.7. The third kappa shape index (κ3) is 5.46. The molecule has 3 N–H and O–H groups in total. The number of nitrogens with one attached hydrogen (secondary N) is 1. The molecule has 0 fully saturated rings. The smallest absolute Gasteiger partial charge is 0.342 e. The van der Waals surface area contributed by atoms with Crippen LogP contribution in [-0.2, 0) is 29.0 Å². The number of fused-ring (bicyclic) bond motifs is 1. The zero-order chi connectivity index (χ0) is 24.1. The van der Waals surface area contributed by atoms with Crippen molar-refractivity contribution in [2.75, 3.05) is 11.9 Å². The molecule has 2 aromatic carbocycles. The van der Waals surface area contributed by atoms with Gasteiger partial charge in [0.15, 0.2) is 6.61 Å². The van der Waals surface area contributed by atoms with Crippen molar-refractivity contribution in [3.8, 4) is 5.75 Å². The zero-order valence-electron chi connectivity index (χ0n) is 18.9. The predicted octanol–water partition coefficient (Wildman–Crippen LogP) is 4.41. The number of esters is 1. The van der Waals surface area contributed by atoms with E-state index in [0.29, 0.717) is 22.9 Å². The summed E-state index contributed by atoms with van der Waals surface area (Å²) in [7, 11) is 0. The number of aryl methyl sites for hydroxylation is 2. The number of carbonyl (C=O) groups is 3. The van der Waals surface area contributed by atoms with Gasteiger partial charge in [-0.25, -0.2) is 4.79 Å². The molecule has 0 saturated heterocycles. The van der Waals surface area contributed by atoms with Crippen LogP contribution in [0.15, 0.2) is 48.5 Å². The van der Waals surface area contributed by atoms with E-state index in [4.69, 9.17) is 15.2 Å². The van der Waals surface area contributed by atoms with Crippen molar-refractivity contribution in [1.29, 1.82) is 0 Å². The molecular formula is C26H26N2O5S. The van der Waals surface area contributed by atoms with Crippen LogP contribution < -0.4 is 15.8 Å². The van der Waals surface area contributed by atoms with Gasteiger partial charge in [-0.1, -0.05) is 42.0 Å². The first-order valence-electron chi connectivity index (χ1n) is 11.1. The lowest BCUT2D eigenvalue weighted by Gasteiger charge is -2.12. The second-order valence-corrected chi connectivity index (χ2v) is 9.28. The highest BCUT2D eigenvalue weighted by atomic mass is 32.1. The van der Waals surface area contributed by atoms with E-state index in [1.54, 1.807) is 24.3 Å². The minimum absolute atomic E-state index is 0.229. The highest BCUT2D eigenvalue weighted by Gasteiger charge is 2.25. The number of ether oxygens (including phenoxy) is 2. The van der Waals surface area contributed by atoms with Crippen LogP contribution in [0.2, 0.25) is 0 Å². The molecule has 3 aromatic rings. The Bertz CT molecular complexity index is 1230. The number of carbonyl (C=O) groups excluding carboxylic acids is 3. The van der Waals surface area contributed by atoms with Crippen molar-refractivity contribution in [3.05, 3.63) is 81.2 Å². The number of nitrogens with two attached hydrogens (primary N) is 1. The Hall–Kier alpha value is -3.65. The van der Waals surface area contributed by atoms with E-state index in [0.717, 1.165) is 47.3 Å². The van der Waals surface area contributed by atoms with Gasteiger partial charge in [0.25, 0.3) is 11.8 Å². The third-order valence-electron chi connectivity index (χ3n) is 5.59. The van der Waals surface area contributed by atoms with E-state index in [1.165, 1.54) is 11.3 Å². The summed E-state index contributed by atoms with van der Waals surface area (Å²) in [5.74, 6) is -1.40. The quantitative estimate of drug-likeness (QED) is 0.466. The molecular weight excluding hydrogens is 452 g/mol. The molecule has 34 heavy (non-hydrogen) atoms. The van der Waals surface area contributed by atoms with Crippen LogP contribution in [0.4, 0.5) is 5.00 Å². The first-order chi connectivity index (χ1) is 16.4. The van der Waals surface area contributed by atoms with Gasteiger partial charge in [0.1, 0.15) is 22.9 Å². The molecule has 1 aliphatic carbocycles. The molecule has 0 spiro atoms. The summed E-state index contributed by atoms with van der Waals surface area (Å²) in [5.41, 5.74) is 9.19. The Kier molecular flexibility index (Phi) is 7.27. The maximum atomic E-state index is 12.7. The molecule has 0 saturated carbocycles. The van der Waals surface area contributed by atoms with Gasteiger partial charge < -0.3 is 20.5 Å². The number of benzene rings is 2. The fourth-order valence-electron chi connectivity index (χ4n) is 4.01. The lowest BCUT2D eigenvalue weighted by molar-refractivity contribution is -0.119. The average molecular weight is 479 g/mol. The van der Waals surface area contributed by atoms with Crippen LogP contribution >= 0.6 is 11.3 Å². The molecule has 176 valence electrons. The number of hydrogen-bond acceptors (Lipinski definition) is 6. The van der Waals surface area contributed by atoms with Gasteiger partial charge >= 0.3 is 5.97 Å². The van der Waals surface area contributed by atoms with Crippen molar-refractivity contribution in [2.45, 2.75) is 39.2 Å². The third-order valence-corrected chi connectivity index (χ3v) is 6.80. The number of rotatable bonds is 8. The summed E-state index contributed by atoms with van der Waals surface area (Å²) in [6, 6.07) is 14.6. The van der Waals surface area contributed by atoms with E-state index in [-0.39, 0.29) is 5.56 Å². The van der Waals surface area contributed by atoms with Gasteiger partial charge in [0.05, 0.1) is 5.56 Å². The summed E-state index contributed by atoms with van der Waals surface area (Å²) in [6.45, 7) is 1.80. The molecule has 1 heterocycles. The maximum Gasteiger partial charge on any atom is 0.342 e. The summed E-state index contributed by atoms with van der Waals surface area (Å²) in [5, 5.41) is 3.11. The van der Waals surface area contributed by atoms with Gasteiger partial charge in [-0.2, -0.15) is 0 Å². The van der Waals surface area contributed by atoms with Gasteiger partial charge in [-0.15, -0.1) is 11.3 Å². The van der Waals surface area contributed by atoms with E-state index >= 15 is 0 Å². The second-order valence-electron chi connectivity index (χ2n) is 8.18. The monoisotopic (exact) mass is 478 g/mol. The van der Waals surface area contributed by atoms with E-state index in [1.807, 2.05) is 31.2 Å². The van der Waals surface area contributed by atoms with Crippen molar-refractivity contribution in [2.24, 2.45) is 5.73 Å². The van der Waals surface area contributed by atoms with Gasteiger partial charge in [0.2, 0.25) is 0 Å². The molecule has 0 bridgehead atoms. The Morgan fingerprint density at radius 3 is 2.65 bits per heavy atom. The standard InChI is InChI=1S/C26H26N2O5S/c1-16-7-6-8-17(13-16)14-32-20-11-4-2-9-18(20)26(31)33-15-22(29)28-25-23(24(27)30)19-10-3-5-12-21(19)34-25/h2,4,6-9,11,13H,3,5,10,12,14-15H2,1H3,(H2,27,30)(H,28,29). The predicted molar refractivity (Wildman–Crippen MR) is 130 cm³/mol. The Morgan fingerprint density at radius 2 is 1.85 bits per heavy atom. The van der Waals surface area contributed by atoms with Crippen molar-refractivity contribution < 1.29 is 23.9 Å². The summed E-state index contributed by atoms with van der Waals surface area (Å²) < 4.78 is 11.1. The molecule has 0 unspecified atom stereocenters. The molecule has 8 heteroatoms. The van der Waals surface area contributed by atoms with E-state index < -0.39 is 24.4 Å². The van der Waals surface area contributed by atoms with E-state index in [9.17, 15) is 14.4 Å². The largest absolute Gasteiger partial charge is 0.488 e. The lowest BCUT2D eigenvalue weighted by atomic mass is 9.95. The number of hydrogen-bond donors (Lipinski definition) is 2. The van der Waals surface area contributed by atoms with Crippen molar-refractivity contribution >= 4 is 34.1 Å². The minimum atomic E-state index is -0.671. The first-order valence-corrected chi connectivity index (χ1v) is 11.9. The summed E-state index contributed by atoms with van der Waals surface area (Å²) in [4.78, 5) is 38.2. The number of amides is 2. The van der Waals surface area contributed by atoms with Crippen LogP contribution in [0, 0.1) is 6.92 Å². The van der Waals surface area contributed by atoms with Gasteiger partial charge in [0, 0.05) is 4.88 Å². The molecule has 7 nitrogen and oxygen atoms in total. The lowest BCUT2D eigenvalue weighted by Crippen LogP contribution is -2.23. The van der Waals surface area contributed by atoms with Crippen molar-refractivity contribution in [1.82, 2.24) is 0 Å². The Morgan fingerprint density at radius 1 is 1.06 bits per heavy atom. The summed E-state index contributed by atoms with van der Waals surface area (Å²) in [6.07, 6.45) is 3.67. The maximum absolute atomic E-state index is 12.7. The van der Waals surface area contributed by atoms with Gasteiger partial charge in [-0.3, -0.25) is 9.59 Å². The van der Waals surface area contributed by atoms with Crippen LogP contribution in [-0.4, -0.2) is 24.4 Å². The molecule has 0 atom stereocenters. The topological polar surface area (TPSA) is 108 Å². The van der Waals surface area contributed by atoms with E-state index in [2.05, 4.69) is 5.32 Å². The fraction of sp³-hybridized carbons (Fsp3) is 0.269. The molecule has 4 rings (SSSR count). The van der Waals surface area contributed by atoms with Crippen LogP contribution in [0.3, 0.4) is 0 Å². The second kappa shape index (κ2) is 10.5. The number of anilines is 1. The normalized spacial score (nSPS) is 12.5. The van der Waals surface area contributed by atoms with Crippen LogP contribution in [0.5, 0.6) is 5.75 Å². The summed E-state index contributed by atoms with van der Waals surface area (Å²) >= 11 is 1.36. The fourth-order valence-corrected chi connectivity index (χ4v) is 5.32. The Balaban J connectivity index is 1.38. The average Bonchev–Trinajstić information content (AvgIpc) is 3.19. The molecule has 0 aliphatic heterocycles. The number of primary amides is 1. The molecule has 0 radical (unpaired) electrons. The van der Waals surface area contributed by atoms with Crippen LogP contribution in [0.25, 0.3) is 0 Å². The highest BCUT2D eigenvalue weighted by Crippen LogP contribution is 2.37.